The SMILES string of the molecule is CC1(C)CCN(c2ccc([N+](=O)[O-])cc2C(N)=NO)CC1. The van der Waals surface area contributed by atoms with Crippen LogP contribution in [-0.4, -0.2) is 29.1 Å². The van der Waals surface area contributed by atoms with Gasteiger partial charge in [-0.15, -0.1) is 0 Å². The number of hydrogen-bond donors (Lipinski definition) is 2. The van der Waals surface area contributed by atoms with E-state index in [1.54, 1.807) is 6.07 Å². The average Bonchev–Trinajstić information content (AvgIpc) is 2.46. The van der Waals surface area contributed by atoms with E-state index in [0.717, 1.165) is 31.6 Å². The van der Waals surface area contributed by atoms with Crippen molar-refractivity contribution >= 4 is 17.2 Å². The number of oxime groups is 1. The Morgan fingerprint density at radius 3 is 2.57 bits per heavy atom. The molecule has 3 N–H and O–H groups in total. The van der Waals surface area contributed by atoms with Crippen molar-refractivity contribution in [1.29, 1.82) is 0 Å². The van der Waals surface area contributed by atoms with Gasteiger partial charge in [-0.05, 0) is 24.3 Å². The first-order valence-electron chi connectivity index (χ1n) is 6.85. The first kappa shape index (κ1) is 15.1. The summed E-state index contributed by atoms with van der Waals surface area (Å²) in [5.41, 5.74) is 7.07. The fourth-order valence-corrected chi connectivity index (χ4v) is 2.53. The number of amidine groups is 1. The molecule has 7 heteroatoms. The maximum absolute atomic E-state index is 10.9. The van der Waals surface area contributed by atoms with Gasteiger partial charge in [0.15, 0.2) is 5.84 Å². The minimum absolute atomic E-state index is 0.0716. The highest BCUT2D eigenvalue weighted by atomic mass is 16.6. The number of nitrogens with two attached hydrogens (primary N) is 1. The standard InChI is InChI=1S/C14H20N4O3/c1-14(2)5-7-17(8-6-14)12-4-3-10(18(20)21)9-11(12)13(15)16-19/h3-4,9,19H,5-8H2,1-2H3,(H2,15,16). The number of rotatable bonds is 3. The molecule has 7 nitrogen and oxygen atoms in total. The third-order valence-corrected chi connectivity index (χ3v) is 4.03. The second-order valence-corrected chi connectivity index (χ2v) is 6.10. The van der Waals surface area contributed by atoms with Gasteiger partial charge in [0.2, 0.25) is 0 Å². The van der Waals surface area contributed by atoms with Gasteiger partial charge < -0.3 is 15.8 Å². The summed E-state index contributed by atoms with van der Waals surface area (Å²) in [6.45, 7) is 6.14. The van der Waals surface area contributed by atoms with Gasteiger partial charge in [0.25, 0.3) is 5.69 Å². The molecule has 0 bridgehead atoms. The molecule has 114 valence electrons. The van der Waals surface area contributed by atoms with Crippen molar-refractivity contribution in [2.45, 2.75) is 26.7 Å². The summed E-state index contributed by atoms with van der Waals surface area (Å²) in [6, 6.07) is 4.47. The second-order valence-electron chi connectivity index (χ2n) is 6.10. The van der Waals surface area contributed by atoms with Crippen molar-refractivity contribution in [2.24, 2.45) is 16.3 Å². The van der Waals surface area contributed by atoms with Crippen molar-refractivity contribution < 1.29 is 10.1 Å². The quantitative estimate of drug-likeness (QED) is 0.292. The largest absolute Gasteiger partial charge is 0.409 e. The van der Waals surface area contributed by atoms with Crippen LogP contribution >= 0.6 is 0 Å². The van der Waals surface area contributed by atoms with Crippen LogP contribution in [0.2, 0.25) is 0 Å². The van der Waals surface area contributed by atoms with Crippen LogP contribution < -0.4 is 10.6 Å². The first-order valence-corrected chi connectivity index (χ1v) is 6.85. The topological polar surface area (TPSA) is 105 Å². The lowest BCUT2D eigenvalue weighted by molar-refractivity contribution is -0.384. The lowest BCUT2D eigenvalue weighted by Gasteiger charge is -2.38. The van der Waals surface area contributed by atoms with Crippen LogP contribution in [0.1, 0.15) is 32.3 Å². The van der Waals surface area contributed by atoms with E-state index in [2.05, 4.69) is 23.9 Å². The summed E-state index contributed by atoms with van der Waals surface area (Å²) >= 11 is 0. The van der Waals surface area contributed by atoms with Gasteiger partial charge in [0.05, 0.1) is 10.5 Å². The molecule has 1 heterocycles. The molecule has 1 aliphatic heterocycles. The van der Waals surface area contributed by atoms with Crippen molar-refractivity contribution in [3.8, 4) is 0 Å². The lowest BCUT2D eigenvalue weighted by Crippen LogP contribution is -2.38. The Morgan fingerprint density at radius 1 is 1.43 bits per heavy atom. The van der Waals surface area contributed by atoms with Crippen molar-refractivity contribution in [1.82, 2.24) is 0 Å². The van der Waals surface area contributed by atoms with Gasteiger partial charge >= 0.3 is 0 Å². The molecular formula is C14H20N4O3. The summed E-state index contributed by atoms with van der Waals surface area (Å²) < 4.78 is 0. The summed E-state index contributed by atoms with van der Waals surface area (Å²) in [5.74, 6) is -0.112. The number of hydrogen-bond acceptors (Lipinski definition) is 5. The molecule has 0 saturated carbocycles. The summed E-state index contributed by atoms with van der Waals surface area (Å²) in [6.07, 6.45) is 2.05. The predicted molar refractivity (Wildman–Crippen MR) is 80.8 cm³/mol. The molecule has 0 radical (unpaired) electrons. The molecule has 1 aromatic carbocycles. The van der Waals surface area contributed by atoms with Gasteiger partial charge in [-0.25, -0.2) is 0 Å². The number of benzene rings is 1. The van der Waals surface area contributed by atoms with E-state index in [9.17, 15) is 10.1 Å². The molecular weight excluding hydrogens is 272 g/mol. The number of anilines is 1. The molecule has 2 rings (SSSR count). The van der Waals surface area contributed by atoms with Crippen LogP contribution in [0.3, 0.4) is 0 Å². The highest BCUT2D eigenvalue weighted by Gasteiger charge is 2.27. The highest BCUT2D eigenvalue weighted by Crippen LogP contribution is 2.34. The zero-order valence-corrected chi connectivity index (χ0v) is 12.2. The van der Waals surface area contributed by atoms with Crippen LogP contribution in [0, 0.1) is 15.5 Å². The Morgan fingerprint density at radius 2 is 2.05 bits per heavy atom. The van der Waals surface area contributed by atoms with E-state index >= 15 is 0 Å². The van der Waals surface area contributed by atoms with Crippen LogP contribution in [0.25, 0.3) is 0 Å². The second kappa shape index (κ2) is 5.59. The van der Waals surface area contributed by atoms with Gasteiger partial charge in [-0.2, -0.15) is 0 Å². The van der Waals surface area contributed by atoms with E-state index in [0.29, 0.717) is 11.0 Å². The van der Waals surface area contributed by atoms with Crippen LogP contribution in [0.5, 0.6) is 0 Å². The van der Waals surface area contributed by atoms with Gasteiger partial charge in [-0.3, -0.25) is 10.1 Å². The van der Waals surface area contributed by atoms with E-state index < -0.39 is 4.92 Å². The molecule has 0 amide bonds. The van der Waals surface area contributed by atoms with E-state index in [4.69, 9.17) is 10.9 Å². The summed E-state index contributed by atoms with van der Waals surface area (Å²) in [4.78, 5) is 12.5. The smallest absolute Gasteiger partial charge is 0.270 e. The molecule has 21 heavy (non-hydrogen) atoms. The Hall–Kier alpha value is -2.31. The number of nitro groups is 1. The molecule has 0 spiro atoms. The normalized spacial score (nSPS) is 18.6. The van der Waals surface area contributed by atoms with E-state index in [1.165, 1.54) is 12.1 Å². The number of nitro benzene ring substituents is 1. The molecule has 1 aliphatic rings. The van der Waals surface area contributed by atoms with Gasteiger partial charge in [-0.1, -0.05) is 19.0 Å². The number of non-ortho nitro benzene ring substituents is 1. The van der Waals surface area contributed by atoms with Gasteiger partial charge in [0, 0.05) is 30.9 Å². The minimum atomic E-state index is -0.489. The summed E-state index contributed by atoms with van der Waals surface area (Å²) in [7, 11) is 0. The van der Waals surface area contributed by atoms with Crippen LogP contribution in [0.15, 0.2) is 23.4 Å². The maximum atomic E-state index is 10.9. The summed E-state index contributed by atoms with van der Waals surface area (Å²) in [5, 5.41) is 22.8. The van der Waals surface area contributed by atoms with Crippen LogP contribution in [0.4, 0.5) is 11.4 Å². The number of piperidine rings is 1. The van der Waals surface area contributed by atoms with Crippen molar-refractivity contribution in [3.05, 3.63) is 33.9 Å². The minimum Gasteiger partial charge on any atom is -0.409 e. The van der Waals surface area contributed by atoms with E-state index in [1.807, 2.05) is 0 Å². The first-order chi connectivity index (χ1) is 9.84. The Bertz CT molecular complexity index is 574. The zero-order chi connectivity index (χ0) is 15.6. The van der Waals surface area contributed by atoms with Crippen molar-refractivity contribution in [3.63, 3.8) is 0 Å². The predicted octanol–water partition coefficient (Wildman–Crippen LogP) is 2.32. The molecule has 1 saturated heterocycles. The molecule has 0 atom stereocenters. The van der Waals surface area contributed by atoms with Crippen LogP contribution in [-0.2, 0) is 0 Å². The fraction of sp³-hybridized carbons (Fsp3) is 0.500. The average molecular weight is 292 g/mol. The number of nitrogens with zero attached hydrogens (tertiary/aromatic N) is 3. The third-order valence-electron chi connectivity index (χ3n) is 4.03. The third kappa shape index (κ3) is 3.24. The molecule has 0 aliphatic carbocycles. The van der Waals surface area contributed by atoms with E-state index in [-0.39, 0.29) is 11.5 Å². The Balaban J connectivity index is 2.37. The molecule has 1 fully saturated rings. The zero-order valence-electron chi connectivity index (χ0n) is 12.2. The maximum Gasteiger partial charge on any atom is 0.270 e. The Kier molecular flexibility index (Phi) is 4.02. The fourth-order valence-electron chi connectivity index (χ4n) is 2.53. The Labute approximate surface area is 123 Å². The monoisotopic (exact) mass is 292 g/mol. The highest BCUT2D eigenvalue weighted by molar-refractivity contribution is 6.02. The molecule has 0 aromatic heterocycles. The molecule has 0 unspecified atom stereocenters. The van der Waals surface area contributed by atoms with Crippen molar-refractivity contribution in [2.75, 3.05) is 18.0 Å². The lowest BCUT2D eigenvalue weighted by atomic mass is 9.82. The molecule has 1 aromatic rings. The van der Waals surface area contributed by atoms with Gasteiger partial charge in [0.1, 0.15) is 0 Å².